The minimum atomic E-state index is -1.01. The van der Waals surface area contributed by atoms with E-state index in [0.717, 1.165) is 25.0 Å². The number of nitrogens with one attached hydrogen (secondary N) is 2. The minimum Gasteiger partial charge on any atom is -0.491 e. The Labute approximate surface area is 145 Å². The van der Waals surface area contributed by atoms with E-state index < -0.39 is 17.7 Å². The number of fused-ring (bicyclic) bond motifs is 1. The van der Waals surface area contributed by atoms with E-state index in [4.69, 9.17) is 4.74 Å². The Balaban J connectivity index is 1.39. The van der Waals surface area contributed by atoms with E-state index in [2.05, 4.69) is 10.6 Å². The van der Waals surface area contributed by atoms with E-state index in [0.29, 0.717) is 12.0 Å². The molecule has 1 aliphatic carbocycles. The number of benzene rings is 1. The molecule has 1 amide bonds. The predicted molar refractivity (Wildman–Crippen MR) is 88.2 cm³/mol. The van der Waals surface area contributed by atoms with Crippen molar-refractivity contribution in [3.63, 3.8) is 0 Å². The second kappa shape index (κ2) is 8.10. The van der Waals surface area contributed by atoms with Crippen molar-refractivity contribution in [1.82, 2.24) is 10.6 Å². The van der Waals surface area contributed by atoms with E-state index in [9.17, 15) is 18.7 Å². The summed E-state index contributed by atoms with van der Waals surface area (Å²) in [4.78, 5) is 12.2. The Bertz CT molecular complexity index is 600. The standard InChI is InChI=1S/C18H24F2N2O3/c19-14-6-5-13(8-15(14)20)25-10-12(23)9-21-18(24)17-7-11-3-1-2-4-16(11)22-17/h5-6,8,11-12,16-17,22-23H,1-4,7,9-10H2,(H,21,24). The van der Waals surface area contributed by atoms with Gasteiger partial charge in [-0.3, -0.25) is 4.79 Å². The molecule has 1 saturated heterocycles. The zero-order chi connectivity index (χ0) is 17.8. The van der Waals surface area contributed by atoms with Gasteiger partial charge in [0.1, 0.15) is 18.5 Å². The summed E-state index contributed by atoms with van der Waals surface area (Å²) in [5.74, 6) is -1.36. The summed E-state index contributed by atoms with van der Waals surface area (Å²) in [5, 5.41) is 16.0. The maximum Gasteiger partial charge on any atom is 0.237 e. The van der Waals surface area contributed by atoms with Crippen molar-refractivity contribution in [3.05, 3.63) is 29.8 Å². The molecule has 2 fully saturated rings. The monoisotopic (exact) mass is 354 g/mol. The average Bonchev–Trinajstić information content (AvgIpc) is 3.05. The molecule has 0 radical (unpaired) electrons. The van der Waals surface area contributed by atoms with Gasteiger partial charge in [-0.05, 0) is 37.3 Å². The van der Waals surface area contributed by atoms with Crippen LogP contribution in [0.2, 0.25) is 0 Å². The van der Waals surface area contributed by atoms with Crippen LogP contribution < -0.4 is 15.4 Å². The molecule has 1 heterocycles. The Morgan fingerprint density at radius 1 is 1.32 bits per heavy atom. The Morgan fingerprint density at radius 3 is 2.88 bits per heavy atom. The highest BCUT2D eigenvalue weighted by molar-refractivity contribution is 5.82. The van der Waals surface area contributed by atoms with Crippen LogP contribution in [-0.2, 0) is 4.79 Å². The summed E-state index contributed by atoms with van der Waals surface area (Å²) in [6.45, 7) is -0.0648. The SMILES string of the molecule is O=C(NCC(O)COc1ccc(F)c(F)c1)C1CC2CCCCC2N1. The number of carbonyl (C=O) groups is 1. The maximum atomic E-state index is 13.1. The number of ether oxygens (including phenoxy) is 1. The molecular weight excluding hydrogens is 330 g/mol. The Morgan fingerprint density at radius 2 is 2.12 bits per heavy atom. The fourth-order valence-electron chi connectivity index (χ4n) is 3.68. The van der Waals surface area contributed by atoms with Crippen molar-refractivity contribution >= 4 is 5.91 Å². The highest BCUT2D eigenvalue weighted by Crippen LogP contribution is 2.33. The van der Waals surface area contributed by atoms with Gasteiger partial charge in [-0.15, -0.1) is 0 Å². The number of carbonyl (C=O) groups excluding carboxylic acids is 1. The number of aliphatic hydroxyl groups excluding tert-OH is 1. The smallest absolute Gasteiger partial charge is 0.237 e. The molecule has 3 rings (SSSR count). The number of rotatable bonds is 6. The van der Waals surface area contributed by atoms with E-state index >= 15 is 0 Å². The Hall–Kier alpha value is -1.73. The van der Waals surface area contributed by atoms with Gasteiger partial charge in [-0.25, -0.2) is 8.78 Å². The molecule has 4 atom stereocenters. The van der Waals surface area contributed by atoms with E-state index in [1.165, 1.54) is 25.3 Å². The molecule has 1 aromatic carbocycles. The number of hydrogen-bond acceptors (Lipinski definition) is 4. The number of hydrogen-bond donors (Lipinski definition) is 3. The van der Waals surface area contributed by atoms with Crippen LogP contribution in [0.15, 0.2) is 18.2 Å². The molecule has 7 heteroatoms. The van der Waals surface area contributed by atoms with Crippen molar-refractivity contribution < 1.29 is 23.4 Å². The molecule has 4 unspecified atom stereocenters. The summed E-state index contributed by atoms with van der Waals surface area (Å²) in [5.41, 5.74) is 0. The first-order chi connectivity index (χ1) is 12.0. The first kappa shape index (κ1) is 18.1. The van der Waals surface area contributed by atoms with Gasteiger partial charge in [-0.1, -0.05) is 12.8 Å². The van der Waals surface area contributed by atoms with Gasteiger partial charge in [-0.2, -0.15) is 0 Å². The lowest BCUT2D eigenvalue weighted by molar-refractivity contribution is -0.123. The maximum absolute atomic E-state index is 13.1. The average molecular weight is 354 g/mol. The molecule has 0 spiro atoms. The quantitative estimate of drug-likeness (QED) is 0.728. The summed E-state index contributed by atoms with van der Waals surface area (Å²) >= 11 is 0. The van der Waals surface area contributed by atoms with Crippen LogP contribution in [0, 0.1) is 17.6 Å². The molecule has 1 aliphatic heterocycles. The first-order valence-corrected chi connectivity index (χ1v) is 8.82. The van der Waals surface area contributed by atoms with Crippen LogP contribution in [0.3, 0.4) is 0 Å². The van der Waals surface area contributed by atoms with Crippen LogP contribution in [0.1, 0.15) is 32.1 Å². The minimum absolute atomic E-state index is 0.0516. The van der Waals surface area contributed by atoms with Crippen molar-refractivity contribution in [3.8, 4) is 5.75 Å². The van der Waals surface area contributed by atoms with Gasteiger partial charge in [0.2, 0.25) is 5.91 Å². The zero-order valence-electron chi connectivity index (χ0n) is 14.0. The van der Waals surface area contributed by atoms with Crippen LogP contribution in [0.5, 0.6) is 5.75 Å². The van der Waals surface area contributed by atoms with Crippen LogP contribution in [-0.4, -0.2) is 42.4 Å². The van der Waals surface area contributed by atoms with E-state index in [-0.39, 0.29) is 30.9 Å². The predicted octanol–water partition coefficient (Wildman–Crippen LogP) is 1.74. The number of amides is 1. The second-order valence-electron chi connectivity index (χ2n) is 6.89. The number of halogens is 2. The molecule has 1 aromatic rings. The summed E-state index contributed by atoms with van der Waals surface area (Å²) in [6.07, 6.45) is 4.66. The molecule has 3 N–H and O–H groups in total. The molecule has 0 aromatic heterocycles. The molecule has 2 aliphatic rings. The third-order valence-corrected chi connectivity index (χ3v) is 5.02. The van der Waals surface area contributed by atoms with E-state index in [1.54, 1.807) is 0 Å². The fraction of sp³-hybridized carbons (Fsp3) is 0.611. The topological polar surface area (TPSA) is 70.6 Å². The highest BCUT2D eigenvalue weighted by atomic mass is 19.2. The lowest BCUT2D eigenvalue weighted by atomic mass is 9.85. The molecule has 138 valence electrons. The van der Waals surface area contributed by atoms with Gasteiger partial charge in [0.25, 0.3) is 0 Å². The van der Waals surface area contributed by atoms with Crippen molar-refractivity contribution in [2.24, 2.45) is 5.92 Å². The van der Waals surface area contributed by atoms with E-state index in [1.807, 2.05) is 0 Å². The number of aliphatic hydroxyl groups is 1. The first-order valence-electron chi connectivity index (χ1n) is 8.82. The highest BCUT2D eigenvalue weighted by Gasteiger charge is 2.38. The van der Waals surface area contributed by atoms with Crippen molar-refractivity contribution in [1.29, 1.82) is 0 Å². The van der Waals surface area contributed by atoms with Gasteiger partial charge in [0.05, 0.1) is 6.04 Å². The van der Waals surface area contributed by atoms with Gasteiger partial charge in [0, 0.05) is 18.7 Å². The normalized spacial score (nSPS) is 26.8. The molecule has 1 saturated carbocycles. The van der Waals surface area contributed by atoms with Crippen molar-refractivity contribution in [2.75, 3.05) is 13.2 Å². The third kappa shape index (κ3) is 4.67. The second-order valence-corrected chi connectivity index (χ2v) is 6.89. The Kier molecular flexibility index (Phi) is 5.86. The largest absolute Gasteiger partial charge is 0.491 e. The van der Waals surface area contributed by atoms with Crippen LogP contribution >= 0.6 is 0 Å². The van der Waals surface area contributed by atoms with Crippen LogP contribution in [0.25, 0.3) is 0 Å². The fourth-order valence-corrected chi connectivity index (χ4v) is 3.68. The molecule has 0 bridgehead atoms. The van der Waals surface area contributed by atoms with Gasteiger partial charge < -0.3 is 20.5 Å². The van der Waals surface area contributed by atoms with Crippen LogP contribution in [0.4, 0.5) is 8.78 Å². The lowest BCUT2D eigenvalue weighted by Gasteiger charge is -2.24. The van der Waals surface area contributed by atoms with Crippen molar-refractivity contribution in [2.45, 2.75) is 50.3 Å². The van der Waals surface area contributed by atoms with Gasteiger partial charge >= 0.3 is 0 Å². The van der Waals surface area contributed by atoms with Gasteiger partial charge in [0.15, 0.2) is 11.6 Å². The third-order valence-electron chi connectivity index (χ3n) is 5.02. The summed E-state index contributed by atoms with van der Waals surface area (Å²) in [6, 6.07) is 3.40. The summed E-state index contributed by atoms with van der Waals surface area (Å²) in [7, 11) is 0. The molecule has 5 nitrogen and oxygen atoms in total. The molecule has 25 heavy (non-hydrogen) atoms. The molecular formula is C18H24F2N2O3. The summed E-state index contributed by atoms with van der Waals surface area (Å²) < 4.78 is 31.1. The lowest BCUT2D eigenvalue weighted by Crippen LogP contribution is -2.45. The zero-order valence-corrected chi connectivity index (χ0v) is 14.0.